The van der Waals surface area contributed by atoms with Crippen LogP contribution < -0.4 is 0 Å². The van der Waals surface area contributed by atoms with Crippen LogP contribution in [0.4, 0.5) is 0 Å². The molecule has 1 aliphatic carbocycles. The molecule has 1 heterocycles. The second-order valence-electron chi connectivity index (χ2n) is 7.49. The number of nitrogens with zero attached hydrogens (tertiary/aromatic N) is 2. The van der Waals surface area contributed by atoms with Crippen LogP contribution in [-0.4, -0.2) is 28.7 Å². The standard InChI is InChI=1S/C20H28N2O/c1-15-5-10-20(23)18(12-15)19-4-2-3-11-22(19)14-17-8-6-16(13-21)7-9-17/h6-9,15,18-20,23H,2-5,10-12,14H2,1H3. The van der Waals surface area contributed by atoms with E-state index in [1.54, 1.807) is 0 Å². The summed E-state index contributed by atoms with van der Waals surface area (Å²) in [6, 6.07) is 10.7. The van der Waals surface area contributed by atoms with Crippen molar-refractivity contribution in [2.24, 2.45) is 11.8 Å². The molecular weight excluding hydrogens is 284 g/mol. The van der Waals surface area contributed by atoms with E-state index in [0.717, 1.165) is 37.4 Å². The van der Waals surface area contributed by atoms with Gasteiger partial charge >= 0.3 is 0 Å². The Morgan fingerprint density at radius 1 is 1.17 bits per heavy atom. The molecule has 1 aromatic rings. The van der Waals surface area contributed by atoms with Gasteiger partial charge in [0.05, 0.1) is 17.7 Å². The van der Waals surface area contributed by atoms with Crippen LogP contribution in [0.15, 0.2) is 24.3 Å². The van der Waals surface area contributed by atoms with E-state index in [0.29, 0.717) is 12.0 Å². The van der Waals surface area contributed by atoms with E-state index in [2.05, 4.69) is 30.0 Å². The lowest BCUT2D eigenvalue weighted by molar-refractivity contribution is -0.0203. The average molecular weight is 312 g/mol. The molecule has 1 aromatic carbocycles. The van der Waals surface area contributed by atoms with Gasteiger partial charge in [-0.05, 0) is 62.3 Å². The highest BCUT2D eigenvalue weighted by Crippen LogP contribution is 2.37. The third-order valence-electron chi connectivity index (χ3n) is 5.75. The quantitative estimate of drug-likeness (QED) is 0.925. The zero-order valence-electron chi connectivity index (χ0n) is 14.1. The molecule has 4 atom stereocenters. The van der Waals surface area contributed by atoms with Crippen LogP contribution in [0.2, 0.25) is 0 Å². The molecule has 2 fully saturated rings. The number of hydrogen-bond acceptors (Lipinski definition) is 3. The first-order valence-electron chi connectivity index (χ1n) is 9.08. The summed E-state index contributed by atoms with van der Waals surface area (Å²) in [5, 5.41) is 19.5. The number of rotatable bonds is 3. The summed E-state index contributed by atoms with van der Waals surface area (Å²) in [4.78, 5) is 2.58. The number of aliphatic hydroxyl groups is 1. The van der Waals surface area contributed by atoms with Crippen molar-refractivity contribution in [1.29, 1.82) is 5.26 Å². The van der Waals surface area contributed by atoms with E-state index in [1.165, 1.54) is 31.2 Å². The summed E-state index contributed by atoms with van der Waals surface area (Å²) >= 11 is 0. The van der Waals surface area contributed by atoms with Crippen molar-refractivity contribution >= 4 is 0 Å². The van der Waals surface area contributed by atoms with Crippen LogP contribution in [0.25, 0.3) is 0 Å². The molecule has 3 nitrogen and oxygen atoms in total. The zero-order valence-corrected chi connectivity index (χ0v) is 14.1. The van der Waals surface area contributed by atoms with Crippen molar-refractivity contribution in [3.63, 3.8) is 0 Å². The van der Waals surface area contributed by atoms with Crippen molar-refractivity contribution < 1.29 is 5.11 Å². The summed E-state index contributed by atoms with van der Waals surface area (Å²) in [6.07, 6.45) is 6.92. The summed E-state index contributed by atoms with van der Waals surface area (Å²) in [6.45, 7) is 4.39. The fraction of sp³-hybridized carbons (Fsp3) is 0.650. The Hall–Kier alpha value is -1.37. The van der Waals surface area contributed by atoms with Gasteiger partial charge in [0, 0.05) is 18.5 Å². The topological polar surface area (TPSA) is 47.3 Å². The maximum absolute atomic E-state index is 10.5. The van der Waals surface area contributed by atoms with Crippen LogP contribution in [0.1, 0.15) is 56.6 Å². The molecule has 0 radical (unpaired) electrons. The van der Waals surface area contributed by atoms with E-state index < -0.39 is 0 Å². The lowest BCUT2D eigenvalue weighted by atomic mass is 9.74. The predicted octanol–water partition coefficient (Wildman–Crippen LogP) is 3.71. The van der Waals surface area contributed by atoms with E-state index in [9.17, 15) is 5.11 Å². The predicted molar refractivity (Wildman–Crippen MR) is 91.7 cm³/mol. The third-order valence-corrected chi connectivity index (χ3v) is 5.75. The van der Waals surface area contributed by atoms with Gasteiger partial charge in [-0.2, -0.15) is 5.26 Å². The Bertz CT molecular complexity index is 548. The minimum atomic E-state index is -0.127. The second kappa shape index (κ2) is 7.47. The molecule has 1 saturated heterocycles. The molecule has 0 spiro atoms. The van der Waals surface area contributed by atoms with Gasteiger partial charge in [0.25, 0.3) is 0 Å². The Balaban J connectivity index is 1.71. The molecule has 0 bridgehead atoms. The molecule has 0 aromatic heterocycles. The van der Waals surface area contributed by atoms with Gasteiger partial charge in [0.2, 0.25) is 0 Å². The van der Waals surface area contributed by atoms with Crippen LogP contribution in [0, 0.1) is 23.2 Å². The van der Waals surface area contributed by atoms with E-state index in [-0.39, 0.29) is 6.10 Å². The highest BCUT2D eigenvalue weighted by Gasteiger charge is 2.37. The number of hydrogen-bond donors (Lipinski definition) is 1. The lowest BCUT2D eigenvalue weighted by Crippen LogP contribution is -2.49. The Morgan fingerprint density at radius 2 is 1.96 bits per heavy atom. The van der Waals surface area contributed by atoms with Crippen LogP contribution in [0.3, 0.4) is 0 Å². The third kappa shape index (κ3) is 3.94. The first-order valence-corrected chi connectivity index (χ1v) is 9.08. The first-order chi connectivity index (χ1) is 11.2. The minimum absolute atomic E-state index is 0.127. The van der Waals surface area contributed by atoms with Gasteiger partial charge in [0.15, 0.2) is 0 Å². The molecule has 1 saturated carbocycles. The zero-order chi connectivity index (χ0) is 16.2. The highest BCUT2D eigenvalue weighted by atomic mass is 16.3. The molecule has 1 N–H and O–H groups in total. The Labute approximate surface area is 139 Å². The lowest BCUT2D eigenvalue weighted by Gasteiger charge is -2.45. The Kier molecular flexibility index (Phi) is 5.35. The molecule has 4 unspecified atom stereocenters. The molecular formula is C20H28N2O. The SMILES string of the molecule is CC1CCC(O)C(C2CCCCN2Cc2ccc(C#N)cc2)C1. The fourth-order valence-corrected chi connectivity index (χ4v) is 4.44. The van der Waals surface area contributed by atoms with Gasteiger partial charge in [-0.15, -0.1) is 0 Å². The number of benzene rings is 1. The van der Waals surface area contributed by atoms with Crippen LogP contribution in [0.5, 0.6) is 0 Å². The number of aliphatic hydroxyl groups excluding tert-OH is 1. The summed E-state index contributed by atoms with van der Waals surface area (Å²) in [7, 11) is 0. The van der Waals surface area contributed by atoms with Gasteiger partial charge in [-0.25, -0.2) is 0 Å². The molecule has 2 aliphatic rings. The van der Waals surface area contributed by atoms with E-state index in [4.69, 9.17) is 5.26 Å². The van der Waals surface area contributed by atoms with E-state index >= 15 is 0 Å². The maximum Gasteiger partial charge on any atom is 0.0991 e. The summed E-state index contributed by atoms with van der Waals surface area (Å²) < 4.78 is 0. The molecule has 124 valence electrons. The van der Waals surface area contributed by atoms with Crippen LogP contribution in [-0.2, 0) is 6.54 Å². The van der Waals surface area contributed by atoms with Gasteiger partial charge in [-0.1, -0.05) is 25.5 Å². The first kappa shape index (κ1) is 16.5. The Morgan fingerprint density at radius 3 is 2.70 bits per heavy atom. The largest absolute Gasteiger partial charge is 0.393 e. The summed E-state index contributed by atoms with van der Waals surface area (Å²) in [5.41, 5.74) is 2.00. The number of nitriles is 1. The van der Waals surface area contributed by atoms with Gasteiger partial charge in [0.1, 0.15) is 0 Å². The maximum atomic E-state index is 10.5. The average Bonchev–Trinajstić information content (AvgIpc) is 2.58. The molecule has 3 rings (SSSR count). The minimum Gasteiger partial charge on any atom is -0.393 e. The summed E-state index contributed by atoms with van der Waals surface area (Å²) in [5.74, 6) is 1.17. The van der Waals surface area contributed by atoms with Crippen molar-refractivity contribution in [2.45, 2.75) is 64.1 Å². The number of piperidine rings is 1. The molecule has 0 amide bonds. The van der Waals surface area contributed by atoms with E-state index in [1.807, 2.05) is 12.1 Å². The molecule has 1 aliphatic heterocycles. The normalized spacial score (nSPS) is 32.4. The molecule has 23 heavy (non-hydrogen) atoms. The second-order valence-corrected chi connectivity index (χ2v) is 7.49. The van der Waals surface area contributed by atoms with Crippen LogP contribution >= 0.6 is 0 Å². The smallest absolute Gasteiger partial charge is 0.0991 e. The number of likely N-dealkylation sites (tertiary alicyclic amines) is 1. The highest BCUT2D eigenvalue weighted by molar-refractivity contribution is 5.31. The fourth-order valence-electron chi connectivity index (χ4n) is 4.44. The molecule has 3 heteroatoms. The van der Waals surface area contributed by atoms with Gasteiger partial charge in [-0.3, -0.25) is 4.90 Å². The van der Waals surface area contributed by atoms with Crippen molar-refractivity contribution in [1.82, 2.24) is 4.90 Å². The van der Waals surface area contributed by atoms with Gasteiger partial charge < -0.3 is 5.11 Å². The van der Waals surface area contributed by atoms with Crippen molar-refractivity contribution in [3.8, 4) is 6.07 Å². The van der Waals surface area contributed by atoms with Crippen molar-refractivity contribution in [2.75, 3.05) is 6.54 Å². The monoisotopic (exact) mass is 312 g/mol. The van der Waals surface area contributed by atoms with Crippen molar-refractivity contribution in [3.05, 3.63) is 35.4 Å².